The molecule has 0 spiro atoms. The molecule has 0 saturated heterocycles. The smallest absolute Gasteiger partial charge is 0.318 e. The molecule has 25 heavy (non-hydrogen) atoms. The van der Waals surface area contributed by atoms with Gasteiger partial charge in [-0.3, -0.25) is 4.79 Å². The van der Waals surface area contributed by atoms with Crippen molar-refractivity contribution in [1.82, 2.24) is 4.98 Å². The summed E-state index contributed by atoms with van der Waals surface area (Å²) in [5.41, 5.74) is -1.72. The van der Waals surface area contributed by atoms with E-state index in [9.17, 15) is 26.7 Å². The van der Waals surface area contributed by atoms with Gasteiger partial charge in [0.1, 0.15) is 17.3 Å². The largest absolute Gasteiger partial charge is 0.417 e. The summed E-state index contributed by atoms with van der Waals surface area (Å²) in [6.45, 7) is 3.32. The summed E-state index contributed by atoms with van der Waals surface area (Å²) in [6, 6.07) is 2.20. The van der Waals surface area contributed by atoms with Crippen molar-refractivity contribution in [3.8, 4) is 0 Å². The summed E-state index contributed by atoms with van der Waals surface area (Å²) in [7, 11) is 0. The predicted molar refractivity (Wildman–Crippen MR) is 82.6 cm³/mol. The Morgan fingerprint density at radius 3 is 2.36 bits per heavy atom. The summed E-state index contributed by atoms with van der Waals surface area (Å²) in [5.74, 6) is -3.16. The van der Waals surface area contributed by atoms with E-state index in [2.05, 4.69) is 10.3 Å². The number of halogens is 6. The van der Waals surface area contributed by atoms with Crippen LogP contribution in [-0.2, 0) is 6.18 Å². The van der Waals surface area contributed by atoms with Gasteiger partial charge in [0, 0.05) is 12.3 Å². The van der Waals surface area contributed by atoms with Gasteiger partial charge in [-0.15, -0.1) is 0 Å². The molecule has 0 radical (unpaired) electrons. The maximum absolute atomic E-state index is 14.0. The van der Waals surface area contributed by atoms with E-state index in [1.807, 2.05) is 0 Å². The third-order valence-corrected chi connectivity index (χ3v) is 3.62. The van der Waals surface area contributed by atoms with Crippen LogP contribution in [0.15, 0.2) is 24.4 Å². The molecule has 0 fully saturated rings. The van der Waals surface area contributed by atoms with Crippen LogP contribution in [0.4, 0.5) is 27.6 Å². The Balaban J connectivity index is 2.38. The van der Waals surface area contributed by atoms with Gasteiger partial charge in [0.25, 0.3) is 5.91 Å². The van der Waals surface area contributed by atoms with Crippen LogP contribution in [-0.4, -0.2) is 10.9 Å². The SMILES string of the molecule is CC(C)c1cc(F)cc(F)c1NC(=O)c1ncc(C(F)(F)F)cc1Cl. The number of aromatic nitrogens is 1. The highest BCUT2D eigenvalue weighted by atomic mass is 35.5. The van der Waals surface area contributed by atoms with Gasteiger partial charge in [-0.05, 0) is 23.6 Å². The zero-order chi connectivity index (χ0) is 18.9. The number of hydrogen-bond donors (Lipinski definition) is 1. The van der Waals surface area contributed by atoms with Gasteiger partial charge in [0.2, 0.25) is 0 Å². The van der Waals surface area contributed by atoms with Crippen LogP contribution >= 0.6 is 11.6 Å². The van der Waals surface area contributed by atoms with E-state index in [0.717, 1.165) is 6.07 Å². The molecule has 1 aromatic heterocycles. The molecule has 2 aromatic rings. The van der Waals surface area contributed by atoms with Gasteiger partial charge in [-0.25, -0.2) is 13.8 Å². The fourth-order valence-corrected chi connectivity index (χ4v) is 2.37. The number of alkyl halides is 3. The zero-order valence-electron chi connectivity index (χ0n) is 13.0. The Kier molecular flexibility index (Phi) is 5.31. The van der Waals surface area contributed by atoms with E-state index in [1.165, 1.54) is 0 Å². The molecule has 1 N–H and O–H groups in total. The second-order valence-corrected chi connectivity index (χ2v) is 5.92. The van der Waals surface area contributed by atoms with Crippen LogP contribution in [0.3, 0.4) is 0 Å². The second-order valence-electron chi connectivity index (χ2n) is 5.51. The highest BCUT2D eigenvalue weighted by Gasteiger charge is 2.32. The molecule has 9 heteroatoms. The highest BCUT2D eigenvalue weighted by Crippen LogP contribution is 2.32. The van der Waals surface area contributed by atoms with Gasteiger partial charge in [-0.2, -0.15) is 13.2 Å². The topological polar surface area (TPSA) is 42.0 Å². The van der Waals surface area contributed by atoms with Crippen molar-refractivity contribution in [3.63, 3.8) is 0 Å². The molecular formula is C16H12ClF5N2O. The monoisotopic (exact) mass is 378 g/mol. The molecule has 3 nitrogen and oxygen atoms in total. The van der Waals surface area contributed by atoms with Crippen LogP contribution < -0.4 is 5.32 Å². The number of carbonyl (C=O) groups is 1. The number of anilines is 1. The molecule has 0 aliphatic rings. The molecule has 134 valence electrons. The van der Waals surface area contributed by atoms with Gasteiger partial charge in [0.15, 0.2) is 0 Å². The molecule has 1 aromatic carbocycles. The number of nitrogens with zero attached hydrogens (tertiary/aromatic N) is 1. The first-order valence-corrected chi connectivity index (χ1v) is 7.41. The minimum Gasteiger partial charge on any atom is -0.318 e. The zero-order valence-corrected chi connectivity index (χ0v) is 13.8. The first kappa shape index (κ1) is 19.1. The van der Waals surface area contributed by atoms with E-state index in [-0.39, 0.29) is 17.2 Å². The van der Waals surface area contributed by atoms with Crippen LogP contribution in [0.5, 0.6) is 0 Å². The number of carbonyl (C=O) groups excluding carboxylic acids is 1. The van der Waals surface area contributed by atoms with Crippen molar-refractivity contribution in [2.75, 3.05) is 5.32 Å². The Morgan fingerprint density at radius 1 is 1.20 bits per heavy atom. The summed E-state index contributed by atoms with van der Waals surface area (Å²) in [5, 5.41) is 1.65. The molecule has 1 heterocycles. The van der Waals surface area contributed by atoms with Crippen LogP contribution in [0.2, 0.25) is 5.02 Å². The van der Waals surface area contributed by atoms with E-state index in [4.69, 9.17) is 11.6 Å². The van der Waals surface area contributed by atoms with Crippen molar-refractivity contribution >= 4 is 23.2 Å². The molecule has 0 bridgehead atoms. The number of hydrogen-bond acceptors (Lipinski definition) is 2. The third kappa shape index (κ3) is 4.25. The molecule has 1 amide bonds. The molecule has 0 atom stereocenters. The minimum atomic E-state index is -4.67. The quantitative estimate of drug-likeness (QED) is 0.726. The second kappa shape index (κ2) is 6.95. The Bertz CT molecular complexity index is 821. The Hall–Kier alpha value is -2.22. The summed E-state index contributed by atoms with van der Waals surface area (Å²) >= 11 is 5.69. The van der Waals surface area contributed by atoms with Gasteiger partial charge >= 0.3 is 6.18 Å². The number of amides is 1. The molecule has 0 aliphatic carbocycles. The fraction of sp³-hybridized carbons (Fsp3) is 0.250. The number of rotatable bonds is 3. The molecule has 0 aliphatic heterocycles. The van der Waals surface area contributed by atoms with Crippen molar-refractivity contribution in [3.05, 3.63) is 57.9 Å². The maximum Gasteiger partial charge on any atom is 0.417 e. The normalized spacial score (nSPS) is 11.7. The van der Waals surface area contributed by atoms with E-state index < -0.39 is 40.0 Å². The van der Waals surface area contributed by atoms with Gasteiger partial charge in [0.05, 0.1) is 16.3 Å². The lowest BCUT2D eigenvalue weighted by Crippen LogP contribution is -2.18. The third-order valence-electron chi connectivity index (χ3n) is 3.33. The van der Waals surface area contributed by atoms with Crippen molar-refractivity contribution in [1.29, 1.82) is 0 Å². The van der Waals surface area contributed by atoms with Crippen LogP contribution in [0.1, 0.15) is 41.4 Å². The molecular weight excluding hydrogens is 367 g/mol. The summed E-state index contributed by atoms with van der Waals surface area (Å²) < 4.78 is 65.2. The number of nitrogens with one attached hydrogen (secondary N) is 1. The van der Waals surface area contributed by atoms with Gasteiger partial charge < -0.3 is 5.32 Å². The van der Waals surface area contributed by atoms with E-state index in [1.54, 1.807) is 13.8 Å². The average molecular weight is 379 g/mol. The average Bonchev–Trinajstić information content (AvgIpc) is 2.48. The Labute approximate surface area is 144 Å². The minimum absolute atomic E-state index is 0.189. The predicted octanol–water partition coefficient (Wildman–Crippen LogP) is 5.41. The molecule has 2 rings (SSSR count). The van der Waals surface area contributed by atoms with Crippen molar-refractivity contribution in [2.45, 2.75) is 25.9 Å². The van der Waals surface area contributed by atoms with Crippen LogP contribution in [0, 0.1) is 11.6 Å². The molecule has 0 saturated carbocycles. The first-order valence-electron chi connectivity index (χ1n) is 7.03. The van der Waals surface area contributed by atoms with Gasteiger partial charge in [-0.1, -0.05) is 25.4 Å². The summed E-state index contributed by atoms with van der Waals surface area (Å²) in [6.07, 6.45) is -4.22. The maximum atomic E-state index is 14.0. The van der Waals surface area contributed by atoms with Crippen molar-refractivity contribution < 1.29 is 26.7 Å². The number of benzene rings is 1. The van der Waals surface area contributed by atoms with E-state index in [0.29, 0.717) is 18.3 Å². The van der Waals surface area contributed by atoms with E-state index >= 15 is 0 Å². The van der Waals surface area contributed by atoms with Crippen molar-refractivity contribution in [2.24, 2.45) is 0 Å². The highest BCUT2D eigenvalue weighted by molar-refractivity contribution is 6.34. The van der Waals surface area contributed by atoms with Crippen LogP contribution in [0.25, 0.3) is 0 Å². The Morgan fingerprint density at radius 2 is 1.84 bits per heavy atom. The number of pyridine rings is 1. The lowest BCUT2D eigenvalue weighted by molar-refractivity contribution is -0.137. The molecule has 0 unspecified atom stereocenters. The standard InChI is InChI=1S/C16H12ClF5N2O/c1-7(2)10-4-9(18)5-12(19)13(10)24-15(25)14-11(17)3-8(6-23-14)16(20,21)22/h3-7H,1-2H3,(H,24,25). The lowest BCUT2D eigenvalue weighted by atomic mass is 10.0. The lowest BCUT2D eigenvalue weighted by Gasteiger charge is -2.15. The first-order chi connectivity index (χ1) is 11.5. The summed E-state index contributed by atoms with van der Waals surface area (Å²) in [4.78, 5) is 15.6. The fourth-order valence-electron chi connectivity index (χ4n) is 2.11.